The fourth-order valence-electron chi connectivity index (χ4n) is 0.905. The SMILES string of the molecule is O=C(O)[C@@H]1C[C@@H](O)CN1.O=[N+]([O-])[O-].[Ag+]. The summed E-state index contributed by atoms with van der Waals surface area (Å²) in [5, 5.41) is 34.6. The van der Waals surface area contributed by atoms with E-state index in [2.05, 4.69) is 5.32 Å². The second kappa shape index (κ2) is 7.71. The van der Waals surface area contributed by atoms with E-state index in [0.29, 0.717) is 13.0 Å². The third-order valence-corrected chi connectivity index (χ3v) is 1.41. The number of hydrogen-bond acceptors (Lipinski definition) is 6. The van der Waals surface area contributed by atoms with E-state index >= 15 is 0 Å². The van der Waals surface area contributed by atoms with Crippen molar-refractivity contribution in [3.63, 3.8) is 0 Å². The number of carboxylic acids is 1. The van der Waals surface area contributed by atoms with Gasteiger partial charge >= 0.3 is 28.3 Å². The molecular formula is C5H9AgN2O6. The molecule has 0 unspecified atom stereocenters. The van der Waals surface area contributed by atoms with Crippen molar-refractivity contribution in [3.8, 4) is 0 Å². The van der Waals surface area contributed by atoms with Gasteiger partial charge in [-0.25, -0.2) is 0 Å². The van der Waals surface area contributed by atoms with E-state index in [1.165, 1.54) is 0 Å². The Kier molecular flexibility index (Phi) is 8.69. The molecule has 9 heteroatoms. The maximum absolute atomic E-state index is 10.2. The average Bonchev–Trinajstić information content (AvgIpc) is 2.34. The average molecular weight is 301 g/mol. The molecule has 14 heavy (non-hydrogen) atoms. The van der Waals surface area contributed by atoms with E-state index < -0.39 is 23.2 Å². The van der Waals surface area contributed by atoms with Crippen molar-refractivity contribution in [3.05, 3.63) is 15.3 Å². The third-order valence-electron chi connectivity index (χ3n) is 1.41. The maximum atomic E-state index is 10.2. The number of β-amino-alcohol motifs (C(OH)–C–C–N with tert-alkyl or cyclic N) is 1. The first-order valence-corrected chi connectivity index (χ1v) is 3.39. The summed E-state index contributed by atoms with van der Waals surface area (Å²) in [6.07, 6.45) is -0.152. The van der Waals surface area contributed by atoms with E-state index in [1.54, 1.807) is 0 Å². The zero-order valence-corrected chi connectivity index (χ0v) is 8.33. The molecular weight excluding hydrogens is 292 g/mol. The van der Waals surface area contributed by atoms with Crippen LogP contribution >= 0.6 is 0 Å². The van der Waals surface area contributed by atoms with Crippen LogP contribution in [0.3, 0.4) is 0 Å². The molecule has 1 aliphatic heterocycles. The Labute approximate surface area is 94.5 Å². The Morgan fingerprint density at radius 1 is 1.50 bits per heavy atom. The number of nitrogens with zero attached hydrogens (tertiary/aromatic N) is 1. The number of aliphatic carboxylic acids is 1. The molecule has 1 saturated heterocycles. The first-order chi connectivity index (χ1) is 5.93. The number of rotatable bonds is 1. The number of aliphatic hydroxyl groups is 1. The molecule has 3 N–H and O–H groups in total. The van der Waals surface area contributed by atoms with Crippen LogP contribution in [0.5, 0.6) is 0 Å². The van der Waals surface area contributed by atoms with Crippen LogP contribution in [0.1, 0.15) is 6.42 Å². The molecule has 0 aromatic rings. The van der Waals surface area contributed by atoms with E-state index in [9.17, 15) is 4.79 Å². The fourth-order valence-corrected chi connectivity index (χ4v) is 0.905. The van der Waals surface area contributed by atoms with Crippen molar-refractivity contribution in [2.45, 2.75) is 18.6 Å². The molecule has 1 heterocycles. The van der Waals surface area contributed by atoms with Gasteiger partial charge in [0.2, 0.25) is 0 Å². The Morgan fingerprint density at radius 3 is 2.07 bits per heavy atom. The van der Waals surface area contributed by atoms with E-state index in [1.807, 2.05) is 0 Å². The predicted molar refractivity (Wildman–Crippen MR) is 40.4 cm³/mol. The van der Waals surface area contributed by atoms with Crippen LogP contribution in [0.25, 0.3) is 0 Å². The van der Waals surface area contributed by atoms with Crippen molar-refractivity contribution < 1.29 is 42.5 Å². The summed E-state index contributed by atoms with van der Waals surface area (Å²) in [5.74, 6) is -0.883. The first-order valence-electron chi connectivity index (χ1n) is 3.39. The van der Waals surface area contributed by atoms with Crippen molar-refractivity contribution in [1.82, 2.24) is 5.32 Å². The van der Waals surface area contributed by atoms with Gasteiger partial charge in [0.15, 0.2) is 0 Å². The summed E-state index contributed by atoms with van der Waals surface area (Å²) < 4.78 is 0. The minimum absolute atomic E-state index is 0. The molecule has 1 rings (SSSR count). The van der Waals surface area contributed by atoms with E-state index in [-0.39, 0.29) is 22.4 Å². The minimum atomic E-state index is -1.75. The van der Waals surface area contributed by atoms with Crippen LogP contribution in [0.2, 0.25) is 0 Å². The molecule has 2 atom stereocenters. The van der Waals surface area contributed by atoms with Gasteiger partial charge in [-0.15, -0.1) is 0 Å². The van der Waals surface area contributed by atoms with Gasteiger partial charge in [0.05, 0.1) is 11.2 Å². The Balaban J connectivity index is 0. The van der Waals surface area contributed by atoms with Crippen LogP contribution in [-0.2, 0) is 27.2 Å². The molecule has 0 amide bonds. The summed E-state index contributed by atoms with van der Waals surface area (Å²) in [6, 6.07) is -0.542. The van der Waals surface area contributed by atoms with Crippen LogP contribution in [0.15, 0.2) is 0 Å². The van der Waals surface area contributed by atoms with Crippen molar-refractivity contribution in [1.29, 1.82) is 0 Å². The molecule has 0 aromatic carbocycles. The second-order valence-electron chi connectivity index (χ2n) is 2.41. The molecule has 86 valence electrons. The predicted octanol–water partition coefficient (Wildman–Crippen LogP) is -1.45. The van der Waals surface area contributed by atoms with E-state index in [0.717, 1.165) is 0 Å². The van der Waals surface area contributed by atoms with E-state index in [4.69, 9.17) is 25.5 Å². The molecule has 0 aliphatic carbocycles. The summed E-state index contributed by atoms with van der Waals surface area (Å²) in [5.41, 5.74) is 0. The molecule has 0 saturated carbocycles. The first kappa shape index (κ1) is 15.8. The Morgan fingerprint density at radius 2 is 1.93 bits per heavy atom. The van der Waals surface area contributed by atoms with Crippen LogP contribution in [0.4, 0.5) is 0 Å². The summed E-state index contributed by atoms with van der Waals surface area (Å²) >= 11 is 0. The summed E-state index contributed by atoms with van der Waals surface area (Å²) in [4.78, 5) is 18.4. The van der Waals surface area contributed by atoms with Gasteiger partial charge in [-0.3, -0.25) is 4.79 Å². The van der Waals surface area contributed by atoms with Crippen LogP contribution in [0, 0.1) is 15.3 Å². The van der Waals surface area contributed by atoms with Crippen LogP contribution < -0.4 is 5.32 Å². The zero-order valence-electron chi connectivity index (χ0n) is 6.85. The fraction of sp³-hybridized carbons (Fsp3) is 0.800. The summed E-state index contributed by atoms with van der Waals surface area (Å²) in [7, 11) is 0. The third kappa shape index (κ3) is 7.95. The van der Waals surface area contributed by atoms with Gasteiger partial charge in [0, 0.05) is 13.0 Å². The standard InChI is InChI=1S/C5H9NO3.Ag.NO3/c7-3-1-4(5(8)9)6-2-3;;2-1(3)4/h3-4,6-7H,1-2H2,(H,8,9);;/q;+1;-1/t3-,4+;;/m1../s1. The molecule has 0 spiro atoms. The molecule has 0 bridgehead atoms. The van der Waals surface area contributed by atoms with Crippen LogP contribution in [-0.4, -0.2) is 40.0 Å². The monoisotopic (exact) mass is 300 g/mol. The van der Waals surface area contributed by atoms with Crippen molar-refractivity contribution in [2.24, 2.45) is 0 Å². The topological polar surface area (TPSA) is 136 Å². The Bertz CT molecular complexity index is 197. The number of aliphatic hydroxyl groups excluding tert-OH is 1. The minimum Gasteiger partial charge on any atom is -0.480 e. The van der Waals surface area contributed by atoms with Gasteiger partial charge in [0.25, 0.3) is 0 Å². The van der Waals surface area contributed by atoms with Gasteiger partial charge in [-0.05, 0) is 0 Å². The number of nitrogens with one attached hydrogen (secondary N) is 1. The molecule has 1 fully saturated rings. The Hall–Kier alpha value is -0.670. The smallest absolute Gasteiger partial charge is 0.480 e. The number of hydrogen-bond donors (Lipinski definition) is 3. The van der Waals surface area contributed by atoms with Crippen molar-refractivity contribution in [2.75, 3.05) is 6.54 Å². The molecule has 0 aromatic heterocycles. The van der Waals surface area contributed by atoms with Crippen molar-refractivity contribution >= 4 is 5.97 Å². The van der Waals surface area contributed by atoms with Gasteiger partial charge in [-0.2, -0.15) is 0 Å². The largest absolute Gasteiger partial charge is 1.00 e. The maximum Gasteiger partial charge on any atom is 1.00 e. The molecule has 1 aliphatic rings. The van der Waals surface area contributed by atoms with Gasteiger partial charge < -0.3 is 30.9 Å². The normalized spacial score (nSPS) is 24.1. The van der Waals surface area contributed by atoms with Gasteiger partial charge in [0.1, 0.15) is 6.04 Å². The van der Waals surface area contributed by atoms with Gasteiger partial charge in [-0.1, -0.05) is 0 Å². The zero-order chi connectivity index (χ0) is 10.4. The molecule has 0 radical (unpaired) electrons. The summed E-state index contributed by atoms with van der Waals surface area (Å²) in [6.45, 7) is 0.400. The second-order valence-corrected chi connectivity index (χ2v) is 2.41. The quantitative estimate of drug-likeness (QED) is 0.306. The molecule has 8 nitrogen and oxygen atoms in total. The number of carbonyl (C=O) groups is 1. The number of carboxylic acid groups (broad SMARTS) is 1.